The summed E-state index contributed by atoms with van der Waals surface area (Å²) < 4.78 is 5.67. The number of hydrogen-bond donors (Lipinski definition) is 2. The molecule has 0 radical (unpaired) electrons. The Morgan fingerprint density at radius 1 is 0.949 bits per heavy atom. The number of amides is 1. The van der Waals surface area contributed by atoms with Crippen LogP contribution >= 0.6 is 0 Å². The topological polar surface area (TPSA) is 57.4 Å². The van der Waals surface area contributed by atoms with Gasteiger partial charge in [0.15, 0.2) is 0 Å². The maximum absolute atomic E-state index is 12.6. The number of ether oxygens (including phenoxy) is 1. The number of aromatic nitrogens is 1. The molecule has 1 atom stereocenters. The van der Waals surface area contributed by atoms with E-state index in [2.05, 4.69) is 95.9 Å². The lowest BCUT2D eigenvalue weighted by atomic mass is 9.96. The summed E-state index contributed by atoms with van der Waals surface area (Å²) in [5.74, 6) is 0.999. The number of para-hydroxylation sites is 1. The lowest BCUT2D eigenvalue weighted by Gasteiger charge is -2.31. The number of carbonyl (C=O) groups is 1. The highest BCUT2D eigenvalue weighted by Crippen LogP contribution is 2.40. The molecule has 0 aliphatic carbocycles. The number of nitrogens with zero attached hydrogens (tertiary/aromatic N) is 1. The van der Waals surface area contributed by atoms with Crippen molar-refractivity contribution < 1.29 is 9.53 Å². The van der Waals surface area contributed by atoms with Crippen molar-refractivity contribution in [3.8, 4) is 5.75 Å². The summed E-state index contributed by atoms with van der Waals surface area (Å²) in [5, 5.41) is 4.09. The van der Waals surface area contributed by atoms with Crippen LogP contribution in [0.25, 0.3) is 10.9 Å². The highest BCUT2D eigenvalue weighted by atomic mass is 16.6. The second-order valence-electron chi connectivity index (χ2n) is 10.5. The van der Waals surface area contributed by atoms with Crippen molar-refractivity contribution in [3.05, 3.63) is 126 Å². The Kier molecular flexibility index (Phi) is 6.80. The van der Waals surface area contributed by atoms with Gasteiger partial charge in [-0.25, -0.2) is 4.79 Å². The molecule has 39 heavy (non-hydrogen) atoms. The lowest BCUT2D eigenvalue weighted by Crippen LogP contribution is -2.28. The molecule has 0 spiro atoms. The quantitative estimate of drug-likeness (QED) is 0.229. The first-order valence-corrected chi connectivity index (χ1v) is 13.6. The van der Waals surface area contributed by atoms with Gasteiger partial charge >= 0.3 is 6.09 Å². The summed E-state index contributed by atoms with van der Waals surface area (Å²) in [6.45, 7) is 5.20. The molecular weight excluding hydrogens is 482 g/mol. The summed E-state index contributed by atoms with van der Waals surface area (Å²) >= 11 is 0. The van der Waals surface area contributed by atoms with Crippen LogP contribution < -0.4 is 15.0 Å². The number of aromatic amines is 1. The van der Waals surface area contributed by atoms with E-state index < -0.39 is 6.09 Å². The predicted molar refractivity (Wildman–Crippen MR) is 159 cm³/mol. The van der Waals surface area contributed by atoms with Gasteiger partial charge in [0.25, 0.3) is 0 Å². The fourth-order valence-electron chi connectivity index (χ4n) is 5.59. The average molecular weight is 516 g/mol. The van der Waals surface area contributed by atoms with Crippen LogP contribution in [0.1, 0.15) is 48.1 Å². The van der Waals surface area contributed by atoms with Crippen molar-refractivity contribution in [2.24, 2.45) is 0 Å². The summed E-state index contributed by atoms with van der Waals surface area (Å²) in [5.41, 5.74) is 8.09. The van der Waals surface area contributed by atoms with Gasteiger partial charge in [0.1, 0.15) is 5.75 Å². The molecule has 5 aromatic rings. The van der Waals surface area contributed by atoms with E-state index in [9.17, 15) is 4.79 Å². The third kappa shape index (κ3) is 5.26. The van der Waals surface area contributed by atoms with E-state index in [1.165, 1.54) is 33.3 Å². The van der Waals surface area contributed by atoms with Crippen LogP contribution in [0.4, 0.5) is 16.2 Å². The maximum atomic E-state index is 12.6. The Labute approximate surface area is 229 Å². The first kappa shape index (κ1) is 24.8. The molecule has 0 saturated carbocycles. The van der Waals surface area contributed by atoms with Crippen LogP contribution in [0.15, 0.2) is 103 Å². The Hall–Kier alpha value is -4.51. The fourth-order valence-corrected chi connectivity index (χ4v) is 5.59. The van der Waals surface area contributed by atoms with E-state index in [1.807, 2.05) is 36.4 Å². The second kappa shape index (κ2) is 10.7. The van der Waals surface area contributed by atoms with Crippen molar-refractivity contribution in [2.45, 2.75) is 38.6 Å². The van der Waals surface area contributed by atoms with Crippen LogP contribution in [0, 0.1) is 0 Å². The van der Waals surface area contributed by atoms with Crippen LogP contribution in [-0.2, 0) is 12.8 Å². The van der Waals surface area contributed by atoms with E-state index >= 15 is 0 Å². The van der Waals surface area contributed by atoms with Crippen molar-refractivity contribution in [1.82, 2.24) is 4.98 Å². The Bertz CT molecular complexity index is 1590. The standard InChI is InChI=1S/C34H33N3O2/c1-23(2)25-12-14-27(15-13-25)36-34(38)39-28-16-17-32-26(21-28)18-19-37(32)33(20-24-8-4-3-5-9-24)30-22-35-31-11-7-6-10-29(30)31/h3-17,21-23,33,35H,18-20H2,1-2H3,(H,36,38). The highest BCUT2D eigenvalue weighted by Gasteiger charge is 2.29. The molecule has 2 heterocycles. The number of fused-ring (bicyclic) bond motifs is 2. The molecule has 1 aliphatic heterocycles. The molecule has 1 aromatic heterocycles. The van der Waals surface area contributed by atoms with Crippen molar-refractivity contribution in [1.29, 1.82) is 0 Å². The van der Waals surface area contributed by atoms with Crippen molar-refractivity contribution >= 4 is 28.4 Å². The molecule has 4 aromatic carbocycles. The van der Waals surface area contributed by atoms with Crippen LogP contribution in [-0.4, -0.2) is 17.6 Å². The van der Waals surface area contributed by atoms with Gasteiger partial charge in [-0.1, -0.05) is 74.5 Å². The Morgan fingerprint density at radius 2 is 1.72 bits per heavy atom. The molecule has 1 aliphatic rings. The van der Waals surface area contributed by atoms with Crippen LogP contribution in [0.5, 0.6) is 5.75 Å². The normalized spacial score (nSPS) is 13.5. The first-order valence-electron chi connectivity index (χ1n) is 13.6. The SMILES string of the molecule is CC(C)c1ccc(NC(=O)Oc2ccc3c(c2)CCN3C(Cc2ccccc2)c2c[nH]c3ccccc23)cc1. The molecule has 5 heteroatoms. The molecule has 5 nitrogen and oxygen atoms in total. The van der Waals surface area contributed by atoms with E-state index in [-0.39, 0.29) is 6.04 Å². The third-order valence-corrected chi connectivity index (χ3v) is 7.65. The summed E-state index contributed by atoms with van der Waals surface area (Å²) in [6, 6.07) is 33.2. The number of H-pyrrole nitrogens is 1. The molecule has 1 amide bonds. The maximum Gasteiger partial charge on any atom is 0.417 e. The van der Waals surface area contributed by atoms with Gasteiger partial charge in [-0.3, -0.25) is 5.32 Å². The molecule has 0 fully saturated rings. The Balaban J connectivity index is 1.23. The fraction of sp³-hybridized carbons (Fsp3) is 0.206. The third-order valence-electron chi connectivity index (χ3n) is 7.65. The smallest absolute Gasteiger partial charge is 0.410 e. The van der Waals surface area contributed by atoms with Gasteiger partial charge in [-0.05, 0) is 71.8 Å². The van der Waals surface area contributed by atoms with Gasteiger partial charge in [0.05, 0.1) is 6.04 Å². The van der Waals surface area contributed by atoms with E-state index in [0.29, 0.717) is 11.7 Å². The molecule has 0 saturated heterocycles. The molecule has 196 valence electrons. The van der Waals surface area contributed by atoms with Gasteiger partial charge in [-0.15, -0.1) is 0 Å². The number of hydrogen-bond acceptors (Lipinski definition) is 3. The number of nitrogens with one attached hydrogen (secondary N) is 2. The minimum absolute atomic E-state index is 0.175. The molecule has 2 N–H and O–H groups in total. The number of rotatable bonds is 7. The molecule has 1 unspecified atom stereocenters. The predicted octanol–water partition coefficient (Wildman–Crippen LogP) is 8.25. The van der Waals surface area contributed by atoms with E-state index in [1.54, 1.807) is 0 Å². The molecule has 6 rings (SSSR count). The van der Waals surface area contributed by atoms with Gasteiger partial charge < -0.3 is 14.6 Å². The summed E-state index contributed by atoms with van der Waals surface area (Å²) in [4.78, 5) is 18.6. The highest BCUT2D eigenvalue weighted by molar-refractivity contribution is 5.87. The van der Waals surface area contributed by atoms with E-state index in [0.717, 1.165) is 30.6 Å². The zero-order chi connectivity index (χ0) is 26.8. The zero-order valence-corrected chi connectivity index (χ0v) is 22.4. The summed E-state index contributed by atoms with van der Waals surface area (Å²) in [6.07, 6.45) is 3.48. The van der Waals surface area contributed by atoms with Crippen molar-refractivity contribution in [3.63, 3.8) is 0 Å². The minimum Gasteiger partial charge on any atom is -0.410 e. The van der Waals surface area contributed by atoms with E-state index in [4.69, 9.17) is 4.74 Å². The lowest BCUT2D eigenvalue weighted by molar-refractivity contribution is 0.215. The first-order chi connectivity index (χ1) is 19.0. The van der Waals surface area contributed by atoms with Gasteiger partial charge in [0, 0.05) is 40.6 Å². The number of carbonyl (C=O) groups excluding carboxylic acids is 1. The largest absolute Gasteiger partial charge is 0.417 e. The van der Waals surface area contributed by atoms with Crippen molar-refractivity contribution in [2.75, 3.05) is 16.8 Å². The average Bonchev–Trinajstić information content (AvgIpc) is 3.57. The zero-order valence-electron chi connectivity index (χ0n) is 22.4. The monoisotopic (exact) mass is 515 g/mol. The summed E-state index contributed by atoms with van der Waals surface area (Å²) in [7, 11) is 0. The van der Waals surface area contributed by atoms with Crippen LogP contribution in [0.3, 0.4) is 0 Å². The van der Waals surface area contributed by atoms with Gasteiger partial charge in [0.2, 0.25) is 0 Å². The van der Waals surface area contributed by atoms with Crippen LogP contribution in [0.2, 0.25) is 0 Å². The molecule has 0 bridgehead atoms. The van der Waals surface area contributed by atoms with Gasteiger partial charge in [-0.2, -0.15) is 0 Å². The minimum atomic E-state index is -0.483. The molecular formula is C34H33N3O2. The number of anilines is 2. The Morgan fingerprint density at radius 3 is 2.51 bits per heavy atom. The second-order valence-corrected chi connectivity index (χ2v) is 10.5. The number of benzene rings is 4.